The highest BCUT2D eigenvalue weighted by molar-refractivity contribution is 5.61. The molecule has 4 nitrogen and oxygen atoms in total. The molecule has 8 aliphatic rings. The van der Waals surface area contributed by atoms with Crippen molar-refractivity contribution in [2.75, 3.05) is 11.5 Å². The molecule has 0 heterocycles. The number of ether oxygens (including phenoxy) is 2. The topological polar surface area (TPSA) is 70.5 Å². The fourth-order valence-electron chi connectivity index (χ4n) is 11.9. The number of anilines is 2. The lowest BCUT2D eigenvalue weighted by molar-refractivity contribution is -0.00823. The van der Waals surface area contributed by atoms with E-state index in [4.69, 9.17) is 20.9 Å². The third-order valence-corrected chi connectivity index (χ3v) is 12.7. The Morgan fingerprint density at radius 2 is 0.795 bits per heavy atom. The van der Waals surface area contributed by atoms with Crippen molar-refractivity contribution < 1.29 is 18.3 Å². The Hall–Kier alpha value is -3.28. The van der Waals surface area contributed by atoms with Crippen molar-refractivity contribution in [1.29, 1.82) is 0 Å². The van der Waals surface area contributed by atoms with E-state index in [9.17, 15) is 8.78 Å². The van der Waals surface area contributed by atoms with Gasteiger partial charge in [0, 0.05) is 23.3 Å². The van der Waals surface area contributed by atoms with E-state index in [1.807, 2.05) is 0 Å². The number of hydrogen-bond donors (Lipinski definition) is 2. The van der Waals surface area contributed by atoms with Crippen molar-refractivity contribution >= 4 is 11.4 Å². The second-order valence-corrected chi connectivity index (χ2v) is 15.8. The lowest BCUT2D eigenvalue weighted by atomic mass is 9.47. The van der Waals surface area contributed by atoms with Crippen LogP contribution in [0.3, 0.4) is 0 Å². The highest BCUT2D eigenvalue weighted by atomic mass is 19.1. The van der Waals surface area contributed by atoms with Crippen LogP contribution in [0, 0.1) is 47.1 Å². The van der Waals surface area contributed by atoms with Gasteiger partial charge in [-0.1, -0.05) is 0 Å². The molecule has 0 aliphatic heterocycles. The van der Waals surface area contributed by atoms with Crippen LogP contribution in [-0.2, 0) is 10.8 Å². The molecule has 8 aliphatic carbocycles. The van der Waals surface area contributed by atoms with E-state index < -0.39 is 0 Å². The van der Waals surface area contributed by atoms with Gasteiger partial charge in [0.15, 0.2) is 11.5 Å². The fraction of sp³-hybridized carbons (Fsp3) is 0.526. The molecule has 3 aromatic rings. The second-order valence-electron chi connectivity index (χ2n) is 15.8. The third-order valence-electron chi connectivity index (χ3n) is 12.7. The van der Waals surface area contributed by atoms with Crippen molar-refractivity contribution in [3.05, 3.63) is 71.3 Å². The monoisotopic (exact) mass is 596 g/mol. The third kappa shape index (κ3) is 4.34. The van der Waals surface area contributed by atoms with E-state index in [0.29, 0.717) is 22.9 Å². The van der Waals surface area contributed by atoms with Crippen molar-refractivity contribution in [3.63, 3.8) is 0 Å². The van der Waals surface area contributed by atoms with Crippen LogP contribution in [-0.4, -0.2) is 0 Å². The predicted molar refractivity (Wildman–Crippen MR) is 168 cm³/mol. The van der Waals surface area contributed by atoms with Crippen LogP contribution in [0.25, 0.3) is 0 Å². The number of halogens is 2. The first-order chi connectivity index (χ1) is 21.2. The number of hydrogen-bond acceptors (Lipinski definition) is 4. The van der Waals surface area contributed by atoms with E-state index in [0.717, 1.165) is 96.7 Å². The highest BCUT2D eigenvalue weighted by Crippen LogP contribution is 2.66. The van der Waals surface area contributed by atoms with Gasteiger partial charge >= 0.3 is 0 Å². The first-order valence-corrected chi connectivity index (χ1v) is 16.9. The van der Waals surface area contributed by atoms with E-state index in [-0.39, 0.29) is 22.5 Å². The van der Waals surface area contributed by atoms with Crippen molar-refractivity contribution in [2.24, 2.45) is 35.5 Å². The zero-order valence-electron chi connectivity index (χ0n) is 25.3. The molecule has 44 heavy (non-hydrogen) atoms. The van der Waals surface area contributed by atoms with Gasteiger partial charge < -0.3 is 20.9 Å². The molecule has 0 aromatic heterocycles. The summed E-state index contributed by atoms with van der Waals surface area (Å²) in [5, 5.41) is 0. The van der Waals surface area contributed by atoms with Crippen LogP contribution in [0.1, 0.15) is 88.2 Å². The van der Waals surface area contributed by atoms with E-state index in [1.54, 1.807) is 12.1 Å². The summed E-state index contributed by atoms with van der Waals surface area (Å²) in [6.45, 7) is 0. The standard InChI is InChI=1S/C38H42F2N2O2/c39-27-1-3-31(41)35(11-27)43-33-13-30(38-18-24-8-25(19-38)10-26(9-24)20-38)34(44-36-12-28(40)2-4-32(36)42)14-29(33)37-15-21-5-22(16-37)7-23(6-21)17-37/h1-4,11-14,21-26H,5-10,15-20,41-42H2. The maximum atomic E-state index is 14.5. The summed E-state index contributed by atoms with van der Waals surface area (Å²) < 4.78 is 42.6. The van der Waals surface area contributed by atoms with Crippen LogP contribution >= 0.6 is 0 Å². The largest absolute Gasteiger partial charge is 0.455 e. The van der Waals surface area contributed by atoms with Gasteiger partial charge in [-0.25, -0.2) is 8.78 Å². The lowest BCUT2D eigenvalue weighted by Gasteiger charge is -2.58. The molecule has 6 heteroatoms. The van der Waals surface area contributed by atoms with Crippen molar-refractivity contribution in [3.8, 4) is 23.0 Å². The first-order valence-electron chi connectivity index (χ1n) is 16.9. The van der Waals surface area contributed by atoms with Gasteiger partial charge in [-0.3, -0.25) is 0 Å². The maximum absolute atomic E-state index is 14.5. The Morgan fingerprint density at radius 3 is 1.11 bits per heavy atom. The normalized spacial score (nSPS) is 36.1. The summed E-state index contributed by atoms with van der Waals surface area (Å²) in [5.41, 5.74) is 15.8. The van der Waals surface area contributed by atoms with Gasteiger partial charge in [-0.2, -0.15) is 0 Å². The lowest BCUT2D eigenvalue weighted by Crippen LogP contribution is -2.49. The van der Waals surface area contributed by atoms with Crippen molar-refractivity contribution in [1.82, 2.24) is 0 Å². The Labute approximate surface area is 258 Å². The zero-order chi connectivity index (χ0) is 29.8. The molecule has 0 amide bonds. The molecule has 0 radical (unpaired) electrons. The molecule has 11 rings (SSSR count). The summed E-state index contributed by atoms with van der Waals surface area (Å²) in [6, 6.07) is 13.2. The number of benzene rings is 3. The first kappa shape index (κ1) is 27.1. The van der Waals surface area contributed by atoms with Crippen LogP contribution < -0.4 is 20.9 Å². The molecule has 8 bridgehead atoms. The van der Waals surface area contributed by atoms with Crippen LogP contribution in [0.2, 0.25) is 0 Å². The van der Waals surface area contributed by atoms with Gasteiger partial charge in [0.2, 0.25) is 0 Å². The zero-order valence-corrected chi connectivity index (χ0v) is 25.3. The average Bonchev–Trinajstić information content (AvgIpc) is 2.96. The second kappa shape index (κ2) is 9.61. The van der Waals surface area contributed by atoms with Crippen LogP contribution in [0.15, 0.2) is 48.5 Å². The Bertz CT molecular complexity index is 1460. The van der Waals surface area contributed by atoms with Gasteiger partial charge in [0.1, 0.15) is 23.1 Å². The summed E-state index contributed by atoms with van der Waals surface area (Å²) in [5.74, 6) is 5.88. The number of rotatable bonds is 6. The van der Waals surface area contributed by atoms with Crippen LogP contribution in [0.5, 0.6) is 23.0 Å². The average molecular weight is 597 g/mol. The summed E-state index contributed by atoms with van der Waals surface area (Å²) in [4.78, 5) is 0. The SMILES string of the molecule is Nc1ccc(F)cc1Oc1cc(C23CC4CC(CC(C4)C2)C3)c(Oc2cc(F)ccc2N)cc1C12CC3CC(CC(C3)C1)C2. The summed E-state index contributed by atoms with van der Waals surface area (Å²) in [7, 11) is 0. The minimum absolute atomic E-state index is 0.0300. The summed E-state index contributed by atoms with van der Waals surface area (Å²) >= 11 is 0. The smallest absolute Gasteiger partial charge is 0.153 e. The van der Waals surface area contributed by atoms with E-state index >= 15 is 0 Å². The van der Waals surface area contributed by atoms with Crippen LogP contribution in [0.4, 0.5) is 20.2 Å². The predicted octanol–water partition coefficient (Wildman–Crippen LogP) is 9.65. The highest BCUT2D eigenvalue weighted by Gasteiger charge is 2.55. The minimum atomic E-state index is -0.367. The molecule has 0 unspecified atom stereocenters. The van der Waals surface area contributed by atoms with E-state index in [1.165, 1.54) is 62.8 Å². The molecule has 4 N–H and O–H groups in total. The quantitative estimate of drug-likeness (QED) is 0.278. The fourth-order valence-corrected chi connectivity index (χ4v) is 11.9. The number of nitrogens with two attached hydrogens (primary N) is 2. The molecule has 0 spiro atoms. The van der Waals surface area contributed by atoms with Gasteiger partial charge in [0.25, 0.3) is 0 Å². The molecular weight excluding hydrogens is 554 g/mol. The van der Waals surface area contributed by atoms with E-state index in [2.05, 4.69) is 12.1 Å². The molecule has 230 valence electrons. The number of nitrogen functional groups attached to an aromatic ring is 2. The van der Waals surface area contributed by atoms with Gasteiger partial charge in [-0.15, -0.1) is 0 Å². The Kier molecular flexibility index (Phi) is 5.91. The molecule has 0 atom stereocenters. The molecule has 3 aromatic carbocycles. The minimum Gasteiger partial charge on any atom is -0.455 e. The molecule has 0 saturated heterocycles. The molecule has 8 fully saturated rings. The molecular formula is C38H42F2N2O2. The summed E-state index contributed by atoms with van der Waals surface area (Å²) in [6.07, 6.45) is 14.7. The van der Waals surface area contributed by atoms with Gasteiger partial charge in [0.05, 0.1) is 11.4 Å². The Balaban J connectivity index is 1.25. The van der Waals surface area contributed by atoms with Crippen molar-refractivity contribution in [2.45, 2.75) is 87.9 Å². The molecule has 8 saturated carbocycles. The Morgan fingerprint density at radius 1 is 0.477 bits per heavy atom. The van der Waals surface area contributed by atoms with Gasteiger partial charge in [-0.05, 0) is 160 Å². The maximum Gasteiger partial charge on any atom is 0.153 e.